The molecule has 1 unspecified atom stereocenters. The molecule has 0 bridgehead atoms. The summed E-state index contributed by atoms with van der Waals surface area (Å²) in [5, 5.41) is 0. The lowest BCUT2D eigenvalue weighted by Crippen LogP contribution is -2.30. The smallest absolute Gasteiger partial charge is 0.306 e. The molecular weight excluding hydrogens is 973 g/mol. The second kappa shape index (κ2) is 67.4. The predicted octanol–water partition coefficient (Wildman–Crippen LogP) is 23.7. The molecule has 0 amide bonds. The fourth-order valence-corrected chi connectivity index (χ4v) is 10.1. The highest BCUT2D eigenvalue weighted by Gasteiger charge is 2.19. The second-order valence-electron chi connectivity index (χ2n) is 23.1. The standard InChI is InChI=1S/C73H130O6/c1-4-7-10-13-16-19-22-25-27-29-31-33-35-36-37-39-40-42-44-46-48-51-54-57-60-63-66-72(75)78-69-70(68-77-71(74)65-62-59-56-53-50-24-21-18-15-12-9-6-3)79-73(76)67-64-61-58-55-52-49-47-45-43-41-38-34-32-30-28-26-23-20-17-14-11-8-5-2/h8,11,17-18,20-21,26,28,32,34,41,43,70H,4-7,9-10,12-16,19,22-25,27,29-31,33,35-40,42,44-69H2,1-3H3/b11-8-,20-17-,21-18-,28-26-,34-32-,43-41-. The van der Waals surface area contributed by atoms with Gasteiger partial charge in [-0.2, -0.15) is 0 Å². The maximum atomic E-state index is 12.9. The largest absolute Gasteiger partial charge is 0.462 e. The van der Waals surface area contributed by atoms with Gasteiger partial charge in [0.15, 0.2) is 6.10 Å². The quantitative estimate of drug-likeness (QED) is 0.0261. The molecule has 0 heterocycles. The van der Waals surface area contributed by atoms with Crippen LogP contribution < -0.4 is 0 Å². The van der Waals surface area contributed by atoms with Gasteiger partial charge in [-0.3, -0.25) is 14.4 Å². The zero-order valence-corrected chi connectivity index (χ0v) is 52.6. The van der Waals surface area contributed by atoms with E-state index in [-0.39, 0.29) is 31.1 Å². The lowest BCUT2D eigenvalue weighted by Gasteiger charge is -2.18. The fourth-order valence-electron chi connectivity index (χ4n) is 10.1. The number of carbonyl (C=O) groups excluding carboxylic acids is 3. The lowest BCUT2D eigenvalue weighted by atomic mass is 10.0. The number of hydrogen-bond acceptors (Lipinski definition) is 6. The molecule has 0 rings (SSSR count). The van der Waals surface area contributed by atoms with Crippen LogP contribution in [-0.2, 0) is 28.6 Å². The first-order valence-electron chi connectivity index (χ1n) is 34.4. The maximum absolute atomic E-state index is 12.9. The Morgan fingerprint density at radius 3 is 0.810 bits per heavy atom. The molecule has 0 aliphatic carbocycles. The average molecular weight is 1100 g/mol. The van der Waals surface area contributed by atoms with Gasteiger partial charge in [0.05, 0.1) is 0 Å². The minimum absolute atomic E-state index is 0.0794. The molecular formula is C73H130O6. The van der Waals surface area contributed by atoms with E-state index < -0.39 is 6.10 Å². The third-order valence-electron chi connectivity index (χ3n) is 15.2. The molecule has 0 aromatic heterocycles. The fraction of sp³-hybridized carbons (Fsp3) is 0.795. The van der Waals surface area contributed by atoms with Crippen molar-refractivity contribution in [2.24, 2.45) is 0 Å². The van der Waals surface area contributed by atoms with Crippen LogP contribution in [0.25, 0.3) is 0 Å². The van der Waals surface area contributed by atoms with Crippen molar-refractivity contribution in [3.8, 4) is 0 Å². The van der Waals surface area contributed by atoms with Gasteiger partial charge in [-0.25, -0.2) is 0 Å². The zero-order valence-electron chi connectivity index (χ0n) is 52.6. The monoisotopic (exact) mass is 1100 g/mol. The molecule has 0 radical (unpaired) electrons. The summed E-state index contributed by atoms with van der Waals surface area (Å²) in [6.07, 6.45) is 87.9. The Morgan fingerprint density at radius 1 is 0.266 bits per heavy atom. The van der Waals surface area contributed by atoms with E-state index >= 15 is 0 Å². The molecule has 458 valence electrons. The SMILES string of the molecule is CC/C=C\C/C=C\C/C=C\C/C=C\C/C=C\CCCCCCCCCC(=O)OC(COC(=O)CCCCCCC/C=C\CCCCC)COC(=O)CCCCCCCCCCCCCCCCCCCCCCCCCCCC. The van der Waals surface area contributed by atoms with Crippen LogP contribution in [0.15, 0.2) is 72.9 Å². The van der Waals surface area contributed by atoms with Crippen LogP contribution in [0.1, 0.15) is 355 Å². The van der Waals surface area contributed by atoms with Crippen molar-refractivity contribution in [2.45, 2.75) is 361 Å². The molecule has 0 aliphatic rings. The Kier molecular flexibility index (Phi) is 64.7. The summed E-state index contributed by atoms with van der Waals surface area (Å²) in [4.78, 5) is 38.4. The van der Waals surface area contributed by atoms with E-state index in [1.807, 2.05) is 0 Å². The molecule has 0 aliphatic heterocycles. The highest BCUT2D eigenvalue weighted by Crippen LogP contribution is 2.18. The Balaban J connectivity index is 4.25. The van der Waals surface area contributed by atoms with E-state index in [4.69, 9.17) is 14.2 Å². The van der Waals surface area contributed by atoms with Gasteiger partial charge in [-0.1, -0.05) is 318 Å². The molecule has 79 heavy (non-hydrogen) atoms. The molecule has 0 saturated heterocycles. The zero-order chi connectivity index (χ0) is 57.1. The summed E-state index contributed by atoms with van der Waals surface area (Å²) < 4.78 is 16.9. The predicted molar refractivity (Wildman–Crippen MR) is 344 cm³/mol. The molecule has 0 N–H and O–H groups in total. The van der Waals surface area contributed by atoms with Crippen molar-refractivity contribution in [3.63, 3.8) is 0 Å². The van der Waals surface area contributed by atoms with Gasteiger partial charge >= 0.3 is 17.9 Å². The van der Waals surface area contributed by atoms with E-state index in [0.29, 0.717) is 19.3 Å². The van der Waals surface area contributed by atoms with Crippen molar-refractivity contribution in [3.05, 3.63) is 72.9 Å². The molecule has 6 nitrogen and oxygen atoms in total. The van der Waals surface area contributed by atoms with E-state index in [9.17, 15) is 14.4 Å². The summed E-state index contributed by atoms with van der Waals surface area (Å²) in [6.45, 7) is 6.54. The number of hydrogen-bond donors (Lipinski definition) is 0. The van der Waals surface area contributed by atoms with Crippen molar-refractivity contribution in [1.29, 1.82) is 0 Å². The highest BCUT2D eigenvalue weighted by atomic mass is 16.6. The number of carbonyl (C=O) groups is 3. The van der Waals surface area contributed by atoms with Gasteiger partial charge in [0.1, 0.15) is 13.2 Å². The molecule has 6 heteroatoms. The maximum Gasteiger partial charge on any atom is 0.306 e. The molecule has 0 spiro atoms. The minimum Gasteiger partial charge on any atom is -0.462 e. The summed E-state index contributed by atoms with van der Waals surface area (Å²) in [6, 6.07) is 0. The van der Waals surface area contributed by atoms with Gasteiger partial charge in [0.25, 0.3) is 0 Å². The number of esters is 3. The lowest BCUT2D eigenvalue weighted by molar-refractivity contribution is -0.167. The first-order chi connectivity index (χ1) is 39.0. The van der Waals surface area contributed by atoms with Crippen LogP contribution in [0.4, 0.5) is 0 Å². The van der Waals surface area contributed by atoms with E-state index in [2.05, 4.69) is 93.7 Å². The topological polar surface area (TPSA) is 78.9 Å². The van der Waals surface area contributed by atoms with Crippen LogP contribution in [-0.4, -0.2) is 37.2 Å². The van der Waals surface area contributed by atoms with Gasteiger partial charge in [0.2, 0.25) is 0 Å². The molecule has 0 saturated carbocycles. The van der Waals surface area contributed by atoms with Crippen molar-refractivity contribution in [1.82, 2.24) is 0 Å². The Hall–Kier alpha value is -3.15. The number of allylic oxidation sites excluding steroid dienone is 12. The van der Waals surface area contributed by atoms with Crippen LogP contribution in [0.3, 0.4) is 0 Å². The summed E-state index contributed by atoms with van der Waals surface area (Å²) in [5.41, 5.74) is 0. The van der Waals surface area contributed by atoms with E-state index in [1.165, 1.54) is 212 Å². The third kappa shape index (κ3) is 65.5. The number of ether oxygens (including phenoxy) is 3. The van der Waals surface area contributed by atoms with Crippen LogP contribution in [0.2, 0.25) is 0 Å². The molecule has 0 fully saturated rings. The van der Waals surface area contributed by atoms with Crippen LogP contribution >= 0.6 is 0 Å². The van der Waals surface area contributed by atoms with Crippen molar-refractivity contribution < 1.29 is 28.6 Å². The summed E-state index contributed by atoms with van der Waals surface area (Å²) >= 11 is 0. The highest BCUT2D eigenvalue weighted by molar-refractivity contribution is 5.71. The first-order valence-corrected chi connectivity index (χ1v) is 34.4. The van der Waals surface area contributed by atoms with Gasteiger partial charge < -0.3 is 14.2 Å². The van der Waals surface area contributed by atoms with Crippen LogP contribution in [0, 0.1) is 0 Å². The summed E-state index contributed by atoms with van der Waals surface area (Å²) in [5.74, 6) is -0.882. The Labute approximate surface area is 491 Å². The third-order valence-corrected chi connectivity index (χ3v) is 15.2. The van der Waals surface area contributed by atoms with Crippen molar-refractivity contribution in [2.75, 3.05) is 13.2 Å². The Morgan fingerprint density at radius 2 is 0.494 bits per heavy atom. The van der Waals surface area contributed by atoms with E-state index in [0.717, 1.165) is 103 Å². The van der Waals surface area contributed by atoms with E-state index in [1.54, 1.807) is 0 Å². The number of rotatable bonds is 63. The van der Waals surface area contributed by atoms with Crippen LogP contribution in [0.5, 0.6) is 0 Å². The molecule has 0 aromatic rings. The van der Waals surface area contributed by atoms with Crippen molar-refractivity contribution >= 4 is 17.9 Å². The number of unbranched alkanes of at least 4 members (excludes halogenated alkanes) is 40. The summed E-state index contributed by atoms with van der Waals surface area (Å²) in [7, 11) is 0. The average Bonchev–Trinajstić information content (AvgIpc) is 3.45. The molecule has 1 atom stereocenters. The second-order valence-corrected chi connectivity index (χ2v) is 23.1. The van der Waals surface area contributed by atoms with Gasteiger partial charge in [-0.15, -0.1) is 0 Å². The van der Waals surface area contributed by atoms with Gasteiger partial charge in [0, 0.05) is 19.3 Å². The first kappa shape index (κ1) is 75.8. The minimum atomic E-state index is -0.785. The van der Waals surface area contributed by atoms with Gasteiger partial charge in [-0.05, 0) is 89.9 Å². The normalized spacial score (nSPS) is 12.5. The Bertz CT molecular complexity index is 1450. The molecule has 0 aromatic carbocycles.